The fraction of sp³-hybridized carbons (Fsp3) is 0.480. The largest absolute Gasteiger partial charge is 0.359 e. The van der Waals surface area contributed by atoms with Crippen LogP contribution in [-0.4, -0.2) is 60.4 Å². The molecule has 2 aliphatic rings. The third kappa shape index (κ3) is 4.90. The first kappa shape index (κ1) is 23.1. The molecule has 6 nitrogen and oxygen atoms in total. The zero-order chi connectivity index (χ0) is 23.7. The summed E-state index contributed by atoms with van der Waals surface area (Å²) >= 11 is 1.34. The number of carbonyl (C=O) groups excluding carboxylic acids is 1. The van der Waals surface area contributed by atoms with Crippen molar-refractivity contribution < 1.29 is 13.6 Å². The highest BCUT2D eigenvalue weighted by molar-refractivity contribution is 7.18. The maximum absolute atomic E-state index is 12.9. The van der Waals surface area contributed by atoms with E-state index in [-0.39, 0.29) is 17.7 Å². The van der Waals surface area contributed by atoms with Crippen LogP contribution in [0.15, 0.2) is 36.7 Å². The Hall–Kier alpha value is -2.65. The van der Waals surface area contributed by atoms with E-state index in [1.807, 2.05) is 18.2 Å². The van der Waals surface area contributed by atoms with Crippen LogP contribution in [0.1, 0.15) is 28.8 Å². The molecule has 2 aromatic heterocycles. The number of nitrogens with zero attached hydrogens (tertiary/aromatic N) is 4. The van der Waals surface area contributed by atoms with Crippen LogP contribution in [-0.2, 0) is 24.2 Å². The number of thiophene rings is 1. The predicted molar refractivity (Wildman–Crippen MR) is 130 cm³/mol. The third-order valence-corrected chi connectivity index (χ3v) is 8.11. The van der Waals surface area contributed by atoms with Crippen molar-refractivity contribution in [1.82, 2.24) is 20.2 Å². The SMILES string of the molecule is CNC(=O)Cc1ccc(CN2CCC3(CCN(c4ncnc5sc(CC(F)F)cc45)C3)C2)cc1. The van der Waals surface area contributed by atoms with E-state index < -0.39 is 6.43 Å². The number of alkyl halides is 2. The summed E-state index contributed by atoms with van der Waals surface area (Å²) in [5.74, 6) is 0.900. The Bertz CT molecular complexity index is 1170. The number of carbonyl (C=O) groups is 1. The van der Waals surface area contributed by atoms with Gasteiger partial charge in [-0.15, -0.1) is 11.3 Å². The van der Waals surface area contributed by atoms with Gasteiger partial charge in [-0.1, -0.05) is 24.3 Å². The molecule has 1 amide bonds. The van der Waals surface area contributed by atoms with Gasteiger partial charge in [0.1, 0.15) is 17.0 Å². The summed E-state index contributed by atoms with van der Waals surface area (Å²) in [5.41, 5.74) is 2.52. The fourth-order valence-corrected chi connectivity index (χ4v) is 6.30. The molecule has 0 aliphatic carbocycles. The van der Waals surface area contributed by atoms with Gasteiger partial charge in [-0.2, -0.15) is 0 Å². The summed E-state index contributed by atoms with van der Waals surface area (Å²) in [5, 5.41) is 3.55. The molecule has 2 saturated heterocycles. The van der Waals surface area contributed by atoms with E-state index in [0.29, 0.717) is 11.3 Å². The van der Waals surface area contributed by atoms with Gasteiger partial charge in [0, 0.05) is 49.9 Å². The van der Waals surface area contributed by atoms with Crippen LogP contribution in [0.3, 0.4) is 0 Å². The molecule has 1 spiro atoms. The van der Waals surface area contributed by atoms with Crippen molar-refractivity contribution in [3.05, 3.63) is 52.7 Å². The van der Waals surface area contributed by atoms with Crippen LogP contribution in [0, 0.1) is 5.41 Å². The average Bonchev–Trinajstić information content (AvgIpc) is 3.53. The van der Waals surface area contributed by atoms with E-state index in [1.54, 1.807) is 13.4 Å². The molecule has 5 rings (SSSR count). The minimum atomic E-state index is -2.35. The summed E-state index contributed by atoms with van der Waals surface area (Å²) in [7, 11) is 1.66. The van der Waals surface area contributed by atoms with E-state index in [1.165, 1.54) is 16.9 Å². The van der Waals surface area contributed by atoms with Gasteiger partial charge in [0.15, 0.2) is 0 Å². The molecule has 2 aliphatic heterocycles. The van der Waals surface area contributed by atoms with Crippen molar-refractivity contribution >= 4 is 33.3 Å². The minimum Gasteiger partial charge on any atom is -0.359 e. The number of anilines is 1. The number of rotatable bonds is 7. The number of likely N-dealkylation sites (N-methyl/N-ethyl adjacent to an activating group) is 1. The second-order valence-electron chi connectivity index (χ2n) is 9.52. The number of benzene rings is 1. The standard InChI is InChI=1S/C25H29F2N5OS/c1-28-22(33)10-17-2-4-18(5-3-17)13-31-8-6-25(14-31)7-9-32(15-25)23-20-11-19(12-21(26)27)34-24(20)30-16-29-23/h2-5,11,16,21H,6-10,12-15H2,1H3,(H,28,33). The van der Waals surface area contributed by atoms with Gasteiger partial charge in [0.25, 0.3) is 0 Å². The molecular formula is C25H29F2N5OS. The maximum atomic E-state index is 12.9. The Morgan fingerprint density at radius 1 is 1.15 bits per heavy atom. The smallest absolute Gasteiger partial charge is 0.243 e. The Labute approximate surface area is 202 Å². The molecule has 1 N–H and O–H groups in total. The zero-order valence-corrected chi connectivity index (χ0v) is 20.1. The molecule has 9 heteroatoms. The number of halogens is 2. The molecule has 3 aromatic rings. The van der Waals surface area contributed by atoms with Crippen LogP contribution >= 0.6 is 11.3 Å². The van der Waals surface area contributed by atoms with Crippen molar-refractivity contribution in [2.45, 2.75) is 38.7 Å². The van der Waals surface area contributed by atoms with Crippen LogP contribution in [0.4, 0.5) is 14.6 Å². The van der Waals surface area contributed by atoms with Crippen LogP contribution < -0.4 is 10.2 Å². The number of likely N-dealkylation sites (tertiary alicyclic amines) is 1. The van der Waals surface area contributed by atoms with Crippen LogP contribution in [0.5, 0.6) is 0 Å². The van der Waals surface area contributed by atoms with Crippen molar-refractivity contribution in [3.8, 4) is 0 Å². The highest BCUT2D eigenvalue weighted by atomic mass is 32.1. The molecule has 1 unspecified atom stereocenters. The van der Waals surface area contributed by atoms with E-state index in [2.05, 4.69) is 37.2 Å². The molecule has 34 heavy (non-hydrogen) atoms. The first-order valence-electron chi connectivity index (χ1n) is 11.7. The van der Waals surface area contributed by atoms with Gasteiger partial charge < -0.3 is 10.2 Å². The number of hydrogen-bond donors (Lipinski definition) is 1. The average molecular weight is 486 g/mol. The van der Waals surface area contributed by atoms with Gasteiger partial charge in [-0.25, -0.2) is 18.7 Å². The number of nitrogens with one attached hydrogen (secondary N) is 1. The zero-order valence-electron chi connectivity index (χ0n) is 19.3. The number of aromatic nitrogens is 2. The molecule has 180 valence electrons. The van der Waals surface area contributed by atoms with E-state index in [9.17, 15) is 13.6 Å². The van der Waals surface area contributed by atoms with Gasteiger partial charge in [-0.3, -0.25) is 9.69 Å². The highest BCUT2D eigenvalue weighted by Crippen LogP contribution is 2.43. The molecule has 1 aromatic carbocycles. The van der Waals surface area contributed by atoms with Gasteiger partial charge >= 0.3 is 0 Å². The molecule has 2 fully saturated rings. The highest BCUT2D eigenvalue weighted by Gasteiger charge is 2.44. The predicted octanol–water partition coefficient (Wildman–Crippen LogP) is 3.89. The Kier molecular flexibility index (Phi) is 6.48. The van der Waals surface area contributed by atoms with Gasteiger partial charge in [0.2, 0.25) is 12.3 Å². The van der Waals surface area contributed by atoms with Gasteiger partial charge in [0.05, 0.1) is 11.8 Å². The number of hydrogen-bond acceptors (Lipinski definition) is 6. The van der Waals surface area contributed by atoms with E-state index >= 15 is 0 Å². The summed E-state index contributed by atoms with van der Waals surface area (Å²) in [4.78, 5) is 26.7. The number of fused-ring (bicyclic) bond motifs is 1. The van der Waals surface area contributed by atoms with Crippen molar-refractivity contribution in [1.29, 1.82) is 0 Å². The Balaban J connectivity index is 1.23. The lowest BCUT2D eigenvalue weighted by atomic mass is 9.86. The van der Waals surface area contributed by atoms with E-state index in [0.717, 1.165) is 67.2 Å². The normalized spacial score (nSPS) is 20.8. The monoisotopic (exact) mass is 485 g/mol. The first-order chi connectivity index (χ1) is 16.4. The van der Waals surface area contributed by atoms with E-state index in [4.69, 9.17) is 0 Å². The first-order valence-corrected chi connectivity index (χ1v) is 12.5. The topological polar surface area (TPSA) is 61.4 Å². The molecule has 4 heterocycles. The van der Waals surface area contributed by atoms with Crippen LogP contribution in [0.25, 0.3) is 10.2 Å². The lowest BCUT2D eigenvalue weighted by molar-refractivity contribution is -0.119. The third-order valence-electron chi connectivity index (χ3n) is 7.04. The number of amides is 1. The lowest BCUT2D eigenvalue weighted by Gasteiger charge is -2.25. The molecular weight excluding hydrogens is 456 g/mol. The minimum absolute atomic E-state index is 0.0219. The second kappa shape index (κ2) is 9.54. The quantitative estimate of drug-likeness (QED) is 0.550. The Morgan fingerprint density at radius 2 is 1.91 bits per heavy atom. The Morgan fingerprint density at radius 3 is 2.68 bits per heavy atom. The summed E-state index contributed by atoms with van der Waals surface area (Å²) in [6.45, 7) is 4.86. The van der Waals surface area contributed by atoms with Crippen molar-refractivity contribution in [3.63, 3.8) is 0 Å². The molecule has 1 atom stereocenters. The molecule has 0 radical (unpaired) electrons. The van der Waals surface area contributed by atoms with Gasteiger partial charge in [-0.05, 0) is 36.6 Å². The fourth-order valence-electron chi connectivity index (χ4n) is 5.30. The molecule has 0 bridgehead atoms. The second-order valence-corrected chi connectivity index (χ2v) is 10.6. The summed E-state index contributed by atoms with van der Waals surface area (Å²) < 4.78 is 25.7. The maximum Gasteiger partial charge on any atom is 0.243 e. The molecule has 0 saturated carbocycles. The summed E-state index contributed by atoms with van der Waals surface area (Å²) in [6, 6.07) is 10.2. The van der Waals surface area contributed by atoms with Crippen LogP contribution in [0.2, 0.25) is 0 Å². The van der Waals surface area contributed by atoms with Crippen molar-refractivity contribution in [2.75, 3.05) is 38.1 Å². The lowest BCUT2D eigenvalue weighted by Crippen LogP contribution is -2.31. The summed E-state index contributed by atoms with van der Waals surface area (Å²) in [6.07, 6.45) is 1.63. The van der Waals surface area contributed by atoms with Crippen molar-refractivity contribution in [2.24, 2.45) is 5.41 Å².